The maximum atomic E-state index is 13.1. The van der Waals surface area contributed by atoms with Crippen molar-refractivity contribution in [3.8, 4) is 0 Å². The SMILES string of the molecule is CNC(C)CNC(=O)c1cccc(F)c1Cl.Cl. The van der Waals surface area contributed by atoms with Crippen LogP contribution in [0, 0.1) is 5.82 Å². The number of benzene rings is 1. The minimum Gasteiger partial charge on any atom is -0.350 e. The minimum atomic E-state index is -0.587. The molecular weight excluding hydrogens is 266 g/mol. The van der Waals surface area contributed by atoms with E-state index >= 15 is 0 Å². The fourth-order valence-electron chi connectivity index (χ4n) is 1.12. The van der Waals surface area contributed by atoms with Gasteiger partial charge in [-0.2, -0.15) is 0 Å². The van der Waals surface area contributed by atoms with Crippen LogP contribution in [0.1, 0.15) is 17.3 Å². The second-order valence-corrected chi connectivity index (χ2v) is 3.88. The van der Waals surface area contributed by atoms with Crippen LogP contribution in [0.4, 0.5) is 4.39 Å². The maximum Gasteiger partial charge on any atom is 0.252 e. The van der Waals surface area contributed by atoms with E-state index in [1.165, 1.54) is 18.2 Å². The van der Waals surface area contributed by atoms with Crippen molar-refractivity contribution in [2.45, 2.75) is 13.0 Å². The summed E-state index contributed by atoms with van der Waals surface area (Å²) in [6.45, 7) is 2.38. The summed E-state index contributed by atoms with van der Waals surface area (Å²) < 4.78 is 13.1. The highest BCUT2D eigenvalue weighted by Gasteiger charge is 2.13. The number of halogens is 3. The summed E-state index contributed by atoms with van der Waals surface area (Å²) in [5.74, 6) is -0.956. The van der Waals surface area contributed by atoms with Crippen molar-refractivity contribution in [3.63, 3.8) is 0 Å². The Hall–Kier alpha value is -0.840. The fraction of sp³-hybridized carbons (Fsp3) is 0.364. The fourth-order valence-corrected chi connectivity index (χ4v) is 1.33. The van der Waals surface area contributed by atoms with Crippen LogP contribution in [0.2, 0.25) is 5.02 Å². The van der Waals surface area contributed by atoms with E-state index in [0.717, 1.165) is 0 Å². The lowest BCUT2D eigenvalue weighted by molar-refractivity contribution is 0.0950. The normalized spacial score (nSPS) is 11.5. The smallest absolute Gasteiger partial charge is 0.252 e. The highest BCUT2D eigenvalue weighted by molar-refractivity contribution is 6.34. The number of rotatable bonds is 4. The topological polar surface area (TPSA) is 41.1 Å². The van der Waals surface area contributed by atoms with Crippen LogP contribution < -0.4 is 10.6 Å². The van der Waals surface area contributed by atoms with Gasteiger partial charge in [0.15, 0.2) is 0 Å². The van der Waals surface area contributed by atoms with Gasteiger partial charge in [-0.05, 0) is 26.1 Å². The average Bonchev–Trinajstić information content (AvgIpc) is 2.29. The van der Waals surface area contributed by atoms with Crippen LogP contribution in [0.5, 0.6) is 0 Å². The zero-order chi connectivity index (χ0) is 12.1. The first-order valence-electron chi connectivity index (χ1n) is 4.95. The lowest BCUT2D eigenvalue weighted by Gasteiger charge is -2.12. The third-order valence-electron chi connectivity index (χ3n) is 2.26. The van der Waals surface area contributed by atoms with Gasteiger partial charge in [0.2, 0.25) is 0 Å². The van der Waals surface area contributed by atoms with E-state index in [1.54, 1.807) is 7.05 Å². The van der Waals surface area contributed by atoms with Crippen molar-refractivity contribution >= 4 is 29.9 Å². The number of hydrogen-bond acceptors (Lipinski definition) is 2. The Morgan fingerprint density at radius 2 is 2.18 bits per heavy atom. The third-order valence-corrected chi connectivity index (χ3v) is 2.64. The largest absolute Gasteiger partial charge is 0.350 e. The highest BCUT2D eigenvalue weighted by atomic mass is 35.5. The zero-order valence-corrected chi connectivity index (χ0v) is 11.2. The van der Waals surface area contributed by atoms with Gasteiger partial charge in [0.25, 0.3) is 5.91 Å². The molecule has 0 heterocycles. The predicted molar refractivity (Wildman–Crippen MR) is 69.5 cm³/mol. The van der Waals surface area contributed by atoms with E-state index in [1.807, 2.05) is 6.92 Å². The Balaban J connectivity index is 0.00000256. The van der Waals surface area contributed by atoms with Gasteiger partial charge in [-0.25, -0.2) is 4.39 Å². The molecule has 1 unspecified atom stereocenters. The Labute approximate surface area is 111 Å². The van der Waals surface area contributed by atoms with Crippen molar-refractivity contribution in [2.24, 2.45) is 0 Å². The molecule has 17 heavy (non-hydrogen) atoms. The molecule has 0 aliphatic heterocycles. The predicted octanol–water partition coefficient (Wildman–Crippen LogP) is 2.24. The second-order valence-electron chi connectivity index (χ2n) is 3.50. The minimum absolute atomic E-state index is 0. The quantitative estimate of drug-likeness (QED) is 0.888. The molecule has 0 spiro atoms. The van der Waals surface area contributed by atoms with E-state index < -0.39 is 5.82 Å². The van der Waals surface area contributed by atoms with Crippen LogP contribution in [0.3, 0.4) is 0 Å². The van der Waals surface area contributed by atoms with Crippen LogP contribution in [0.25, 0.3) is 0 Å². The molecule has 3 nitrogen and oxygen atoms in total. The molecule has 0 saturated carbocycles. The van der Waals surface area contributed by atoms with Gasteiger partial charge in [0.1, 0.15) is 5.82 Å². The molecule has 0 aliphatic carbocycles. The molecule has 0 saturated heterocycles. The molecule has 1 atom stereocenters. The average molecular weight is 281 g/mol. The summed E-state index contributed by atoms with van der Waals surface area (Å²) >= 11 is 5.69. The van der Waals surface area contributed by atoms with Gasteiger partial charge in [-0.3, -0.25) is 4.79 Å². The molecule has 96 valence electrons. The first-order chi connectivity index (χ1) is 7.56. The molecule has 0 fully saturated rings. The summed E-state index contributed by atoms with van der Waals surface area (Å²) in [4.78, 5) is 11.6. The van der Waals surface area contributed by atoms with E-state index in [-0.39, 0.29) is 34.9 Å². The highest BCUT2D eigenvalue weighted by Crippen LogP contribution is 2.19. The molecule has 2 N–H and O–H groups in total. The maximum absolute atomic E-state index is 13.1. The number of carbonyl (C=O) groups excluding carboxylic acids is 1. The number of nitrogens with one attached hydrogen (secondary N) is 2. The standard InChI is InChI=1S/C11H14ClFN2O.ClH/c1-7(14-2)6-15-11(16)8-4-3-5-9(13)10(8)12;/h3-5,7,14H,6H2,1-2H3,(H,15,16);1H. The Morgan fingerprint density at radius 1 is 1.53 bits per heavy atom. The molecule has 0 aromatic heterocycles. The molecule has 0 aliphatic rings. The van der Waals surface area contributed by atoms with Crippen LogP contribution >= 0.6 is 24.0 Å². The molecule has 0 bridgehead atoms. The van der Waals surface area contributed by atoms with Crippen molar-refractivity contribution in [1.82, 2.24) is 10.6 Å². The Bertz CT molecular complexity index is 388. The summed E-state index contributed by atoms with van der Waals surface area (Å²) in [5, 5.41) is 5.50. The van der Waals surface area contributed by atoms with Crippen molar-refractivity contribution in [2.75, 3.05) is 13.6 Å². The van der Waals surface area contributed by atoms with Crippen LogP contribution in [-0.4, -0.2) is 25.5 Å². The summed E-state index contributed by atoms with van der Waals surface area (Å²) in [5.41, 5.74) is 0.157. The van der Waals surface area contributed by atoms with Gasteiger partial charge >= 0.3 is 0 Å². The monoisotopic (exact) mass is 280 g/mol. The Kier molecular flexibility index (Phi) is 7.11. The van der Waals surface area contributed by atoms with Gasteiger partial charge in [-0.15, -0.1) is 12.4 Å². The molecule has 0 radical (unpaired) electrons. The molecular formula is C11H15Cl2FN2O. The molecule has 6 heteroatoms. The molecule has 1 aromatic rings. The van der Waals surface area contributed by atoms with Gasteiger partial charge < -0.3 is 10.6 Å². The van der Waals surface area contributed by atoms with Crippen molar-refractivity contribution in [1.29, 1.82) is 0 Å². The van der Waals surface area contributed by atoms with Crippen molar-refractivity contribution in [3.05, 3.63) is 34.6 Å². The van der Waals surface area contributed by atoms with E-state index in [4.69, 9.17) is 11.6 Å². The van der Waals surface area contributed by atoms with Crippen LogP contribution in [0.15, 0.2) is 18.2 Å². The number of amides is 1. The van der Waals surface area contributed by atoms with Gasteiger partial charge in [-0.1, -0.05) is 17.7 Å². The van der Waals surface area contributed by atoms with Gasteiger partial charge in [0.05, 0.1) is 10.6 Å². The third kappa shape index (κ3) is 4.50. The second kappa shape index (κ2) is 7.48. The lowest BCUT2D eigenvalue weighted by Crippen LogP contribution is -2.37. The summed E-state index contributed by atoms with van der Waals surface area (Å²) in [6.07, 6.45) is 0. The van der Waals surface area contributed by atoms with E-state index in [9.17, 15) is 9.18 Å². The first-order valence-corrected chi connectivity index (χ1v) is 5.33. The van der Waals surface area contributed by atoms with E-state index in [2.05, 4.69) is 10.6 Å². The number of hydrogen-bond donors (Lipinski definition) is 2. The summed E-state index contributed by atoms with van der Waals surface area (Å²) in [6, 6.07) is 4.31. The van der Waals surface area contributed by atoms with Crippen molar-refractivity contribution < 1.29 is 9.18 Å². The number of likely N-dealkylation sites (N-methyl/N-ethyl adjacent to an activating group) is 1. The molecule has 1 rings (SSSR count). The molecule has 1 amide bonds. The first kappa shape index (κ1) is 16.2. The number of carbonyl (C=O) groups is 1. The lowest BCUT2D eigenvalue weighted by atomic mass is 10.2. The van der Waals surface area contributed by atoms with Crippen LogP contribution in [-0.2, 0) is 0 Å². The summed E-state index contributed by atoms with van der Waals surface area (Å²) in [7, 11) is 1.80. The van der Waals surface area contributed by atoms with E-state index in [0.29, 0.717) is 6.54 Å². The Morgan fingerprint density at radius 3 is 2.76 bits per heavy atom. The molecule has 1 aromatic carbocycles. The van der Waals surface area contributed by atoms with Gasteiger partial charge in [0, 0.05) is 12.6 Å². The zero-order valence-electron chi connectivity index (χ0n) is 9.59.